The highest BCUT2D eigenvalue weighted by Gasteiger charge is 2.03. The topological polar surface area (TPSA) is 68.2 Å². The van der Waals surface area contributed by atoms with Crippen molar-refractivity contribution in [3.63, 3.8) is 0 Å². The van der Waals surface area contributed by atoms with E-state index in [-0.39, 0.29) is 29.8 Å². The molecule has 0 saturated heterocycles. The third kappa shape index (κ3) is 6.05. The van der Waals surface area contributed by atoms with Gasteiger partial charge < -0.3 is 11.1 Å². The summed E-state index contributed by atoms with van der Waals surface area (Å²) in [4.78, 5) is 4.37. The van der Waals surface area contributed by atoms with Crippen molar-refractivity contribution in [1.82, 2.24) is 9.78 Å². The molecule has 28 heavy (non-hydrogen) atoms. The highest BCUT2D eigenvalue weighted by atomic mass is 127. The number of nitrogens with zero attached hydrogens (tertiary/aromatic N) is 3. The smallest absolute Gasteiger partial charge is 0.193 e. The minimum Gasteiger partial charge on any atom is -0.370 e. The second kappa shape index (κ2) is 10.2. The lowest BCUT2D eigenvalue weighted by atomic mass is 10.0. The van der Waals surface area contributed by atoms with Crippen LogP contribution in [0.3, 0.4) is 0 Å². The SMILES string of the molecule is CC(C)c1cccc(NC(N)=NCCc2ccn(-c3ccc(F)cc3)n2)c1.I. The molecule has 0 aliphatic carbocycles. The van der Waals surface area contributed by atoms with E-state index in [0.717, 1.165) is 17.1 Å². The van der Waals surface area contributed by atoms with Crippen LogP contribution in [0.2, 0.25) is 0 Å². The zero-order valence-corrected chi connectivity index (χ0v) is 18.3. The van der Waals surface area contributed by atoms with Gasteiger partial charge in [0.05, 0.1) is 11.4 Å². The summed E-state index contributed by atoms with van der Waals surface area (Å²) in [5.74, 6) is 0.581. The van der Waals surface area contributed by atoms with Gasteiger partial charge in [0.2, 0.25) is 0 Å². The molecule has 7 heteroatoms. The molecule has 0 aliphatic rings. The van der Waals surface area contributed by atoms with Crippen LogP contribution in [-0.2, 0) is 6.42 Å². The molecule has 1 aromatic heterocycles. The summed E-state index contributed by atoms with van der Waals surface area (Å²) in [6, 6.07) is 16.3. The molecule has 2 aromatic carbocycles. The van der Waals surface area contributed by atoms with Gasteiger partial charge in [-0.1, -0.05) is 26.0 Å². The number of anilines is 1. The van der Waals surface area contributed by atoms with Crippen LogP contribution in [0.15, 0.2) is 65.8 Å². The number of rotatable bonds is 6. The molecule has 3 N–H and O–H groups in total. The standard InChI is InChI=1S/C21H24FN5.HI/c1-15(2)16-4-3-5-19(14-16)25-21(23)24-12-10-18-11-13-27(26-18)20-8-6-17(22)7-9-20;/h3-9,11,13-15H,10,12H2,1-2H3,(H3,23,24,25);1H. The van der Waals surface area contributed by atoms with Gasteiger partial charge in [-0.2, -0.15) is 5.10 Å². The number of guanidine groups is 1. The number of benzene rings is 2. The average molecular weight is 493 g/mol. The Labute approximate surface area is 181 Å². The number of halogens is 2. The van der Waals surface area contributed by atoms with E-state index in [1.165, 1.54) is 17.7 Å². The number of nitrogens with one attached hydrogen (secondary N) is 1. The van der Waals surface area contributed by atoms with Crippen LogP contribution in [0, 0.1) is 5.82 Å². The third-order valence-corrected chi connectivity index (χ3v) is 4.21. The van der Waals surface area contributed by atoms with Crippen molar-refractivity contribution >= 4 is 35.6 Å². The van der Waals surface area contributed by atoms with Crippen LogP contribution in [0.4, 0.5) is 10.1 Å². The normalized spacial score (nSPS) is 11.4. The van der Waals surface area contributed by atoms with E-state index >= 15 is 0 Å². The Morgan fingerprint density at radius 1 is 1.18 bits per heavy atom. The van der Waals surface area contributed by atoms with E-state index in [0.29, 0.717) is 24.8 Å². The van der Waals surface area contributed by atoms with Crippen molar-refractivity contribution < 1.29 is 4.39 Å². The molecule has 0 bridgehead atoms. The zero-order valence-electron chi connectivity index (χ0n) is 16.0. The van der Waals surface area contributed by atoms with Crippen molar-refractivity contribution in [2.45, 2.75) is 26.2 Å². The van der Waals surface area contributed by atoms with E-state index < -0.39 is 0 Å². The van der Waals surface area contributed by atoms with Crippen molar-refractivity contribution in [3.8, 4) is 5.69 Å². The molecular formula is C21H25FIN5. The molecule has 0 radical (unpaired) electrons. The molecule has 0 atom stereocenters. The van der Waals surface area contributed by atoms with Crippen molar-refractivity contribution in [3.05, 3.63) is 77.9 Å². The predicted molar refractivity (Wildman–Crippen MR) is 123 cm³/mol. The Morgan fingerprint density at radius 2 is 1.93 bits per heavy atom. The highest BCUT2D eigenvalue weighted by Crippen LogP contribution is 2.18. The fourth-order valence-electron chi connectivity index (χ4n) is 2.69. The lowest BCUT2D eigenvalue weighted by molar-refractivity contribution is 0.627. The third-order valence-electron chi connectivity index (χ3n) is 4.21. The summed E-state index contributed by atoms with van der Waals surface area (Å²) in [5.41, 5.74) is 9.88. The first kappa shape index (κ1) is 21.9. The van der Waals surface area contributed by atoms with Gasteiger partial charge in [-0.25, -0.2) is 9.07 Å². The molecule has 0 aliphatic heterocycles. The number of nitrogens with two attached hydrogens (primary N) is 1. The second-order valence-corrected chi connectivity index (χ2v) is 6.65. The maximum atomic E-state index is 13.0. The summed E-state index contributed by atoms with van der Waals surface area (Å²) in [5, 5.41) is 7.61. The molecule has 1 heterocycles. The van der Waals surface area contributed by atoms with Gasteiger partial charge in [-0.3, -0.25) is 4.99 Å². The number of hydrogen-bond donors (Lipinski definition) is 2. The summed E-state index contributed by atoms with van der Waals surface area (Å²) in [7, 11) is 0. The van der Waals surface area contributed by atoms with Gasteiger partial charge in [0.15, 0.2) is 5.96 Å². The quantitative estimate of drug-likeness (QED) is 0.297. The molecule has 0 unspecified atom stereocenters. The predicted octanol–water partition coefficient (Wildman–Crippen LogP) is 4.72. The van der Waals surface area contributed by atoms with Gasteiger partial charge in [0, 0.05) is 24.8 Å². The molecular weight excluding hydrogens is 468 g/mol. The Kier molecular flexibility index (Phi) is 7.98. The average Bonchev–Trinajstić information content (AvgIpc) is 3.11. The van der Waals surface area contributed by atoms with Crippen molar-refractivity contribution in [2.75, 3.05) is 11.9 Å². The largest absolute Gasteiger partial charge is 0.370 e. The van der Waals surface area contributed by atoms with E-state index in [9.17, 15) is 4.39 Å². The zero-order chi connectivity index (χ0) is 19.2. The first-order valence-electron chi connectivity index (χ1n) is 8.98. The van der Waals surface area contributed by atoms with E-state index in [1.54, 1.807) is 16.8 Å². The second-order valence-electron chi connectivity index (χ2n) is 6.65. The van der Waals surface area contributed by atoms with Crippen LogP contribution in [-0.4, -0.2) is 22.3 Å². The molecule has 3 aromatic rings. The first-order valence-corrected chi connectivity index (χ1v) is 8.98. The van der Waals surface area contributed by atoms with Crippen LogP contribution < -0.4 is 11.1 Å². The molecule has 0 amide bonds. The fraction of sp³-hybridized carbons (Fsp3) is 0.238. The van der Waals surface area contributed by atoms with Crippen molar-refractivity contribution in [2.24, 2.45) is 10.7 Å². The summed E-state index contributed by atoms with van der Waals surface area (Å²) in [6.07, 6.45) is 2.52. The number of hydrogen-bond acceptors (Lipinski definition) is 2. The summed E-state index contributed by atoms with van der Waals surface area (Å²) >= 11 is 0. The van der Waals surface area contributed by atoms with Gasteiger partial charge in [0.25, 0.3) is 0 Å². The minimum absolute atomic E-state index is 0. The van der Waals surface area contributed by atoms with Crippen LogP contribution in [0.1, 0.15) is 31.0 Å². The molecule has 148 valence electrons. The van der Waals surface area contributed by atoms with E-state index in [4.69, 9.17) is 5.73 Å². The Bertz CT molecular complexity index is 919. The summed E-state index contributed by atoms with van der Waals surface area (Å²) < 4.78 is 14.7. The van der Waals surface area contributed by atoms with E-state index in [1.807, 2.05) is 24.4 Å². The lowest BCUT2D eigenvalue weighted by Gasteiger charge is -2.09. The van der Waals surface area contributed by atoms with Crippen LogP contribution >= 0.6 is 24.0 Å². The maximum absolute atomic E-state index is 13.0. The molecule has 0 fully saturated rings. The molecule has 0 spiro atoms. The fourth-order valence-corrected chi connectivity index (χ4v) is 2.69. The van der Waals surface area contributed by atoms with Crippen molar-refractivity contribution in [1.29, 1.82) is 0 Å². The Balaban J connectivity index is 0.00000280. The highest BCUT2D eigenvalue weighted by molar-refractivity contribution is 14.0. The monoisotopic (exact) mass is 493 g/mol. The Morgan fingerprint density at radius 3 is 2.64 bits per heavy atom. The molecule has 3 rings (SSSR count). The number of aliphatic imine (C=N–C) groups is 1. The molecule has 0 saturated carbocycles. The van der Waals surface area contributed by atoms with Gasteiger partial charge in [0.1, 0.15) is 5.82 Å². The number of aromatic nitrogens is 2. The maximum Gasteiger partial charge on any atom is 0.193 e. The summed E-state index contributed by atoms with van der Waals surface area (Å²) in [6.45, 7) is 4.84. The van der Waals surface area contributed by atoms with Crippen LogP contribution in [0.5, 0.6) is 0 Å². The minimum atomic E-state index is -0.262. The van der Waals surface area contributed by atoms with Gasteiger partial charge >= 0.3 is 0 Å². The van der Waals surface area contributed by atoms with Gasteiger partial charge in [-0.15, -0.1) is 24.0 Å². The van der Waals surface area contributed by atoms with E-state index in [2.05, 4.69) is 41.4 Å². The van der Waals surface area contributed by atoms with Crippen LogP contribution in [0.25, 0.3) is 5.69 Å². The van der Waals surface area contributed by atoms with Gasteiger partial charge in [-0.05, 0) is 53.9 Å². The first-order chi connectivity index (χ1) is 13.0. The lowest BCUT2D eigenvalue weighted by Crippen LogP contribution is -2.23. The molecule has 5 nitrogen and oxygen atoms in total. The Hall–Kier alpha value is -2.42.